The van der Waals surface area contributed by atoms with Crippen LogP contribution in [0.5, 0.6) is 5.75 Å². The van der Waals surface area contributed by atoms with Crippen molar-refractivity contribution >= 4 is 31.3 Å². The van der Waals surface area contributed by atoms with Crippen molar-refractivity contribution in [2.24, 2.45) is 0 Å². The lowest BCUT2D eigenvalue weighted by Gasteiger charge is -2.10. The van der Waals surface area contributed by atoms with Crippen LogP contribution in [0.4, 0.5) is 0 Å². The Hall–Kier alpha value is -1.24. The van der Waals surface area contributed by atoms with Crippen molar-refractivity contribution < 1.29 is 13.2 Å². The van der Waals surface area contributed by atoms with Crippen LogP contribution in [-0.2, 0) is 15.7 Å². The zero-order chi connectivity index (χ0) is 15.0. The average molecular weight is 347 g/mol. The molecule has 0 N–H and O–H groups in total. The maximum atomic E-state index is 11.2. The summed E-state index contributed by atoms with van der Waals surface area (Å²) >= 11 is 6.02. The summed E-state index contributed by atoms with van der Waals surface area (Å²) in [5.74, 6) is 0.407. The van der Waals surface area contributed by atoms with Crippen LogP contribution >= 0.6 is 22.3 Å². The number of rotatable bonds is 5. The number of hydrogen-bond donors (Lipinski definition) is 0. The number of halogens is 2. The lowest BCUT2D eigenvalue weighted by atomic mass is 10.3. The SMILES string of the molecule is O=S(=O)(Cl)c1ccc(OCc2cncn2C2CC2)c(Cl)c1. The molecule has 0 spiro atoms. The highest BCUT2D eigenvalue weighted by Gasteiger charge is 2.25. The van der Waals surface area contributed by atoms with E-state index in [2.05, 4.69) is 9.55 Å². The van der Waals surface area contributed by atoms with Gasteiger partial charge in [0.05, 0.1) is 28.1 Å². The molecule has 8 heteroatoms. The molecule has 0 atom stereocenters. The van der Waals surface area contributed by atoms with Crippen molar-refractivity contribution in [3.05, 3.63) is 41.4 Å². The Morgan fingerprint density at radius 2 is 2.14 bits per heavy atom. The van der Waals surface area contributed by atoms with Crippen LogP contribution in [0.2, 0.25) is 5.02 Å². The molecule has 1 fully saturated rings. The zero-order valence-electron chi connectivity index (χ0n) is 10.9. The van der Waals surface area contributed by atoms with Gasteiger partial charge in [0.15, 0.2) is 0 Å². The van der Waals surface area contributed by atoms with Crippen LogP contribution in [0.3, 0.4) is 0 Å². The molecule has 0 amide bonds. The summed E-state index contributed by atoms with van der Waals surface area (Å²) in [6.07, 6.45) is 5.86. The van der Waals surface area contributed by atoms with Crippen molar-refractivity contribution in [3.8, 4) is 5.75 Å². The summed E-state index contributed by atoms with van der Waals surface area (Å²) in [6, 6.07) is 4.65. The summed E-state index contributed by atoms with van der Waals surface area (Å²) < 4.78 is 30.2. The maximum Gasteiger partial charge on any atom is 0.261 e. The van der Waals surface area contributed by atoms with Crippen LogP contribution in [0, 0.1) is 0 Å². The molecule has 1 aromatic carbocycles. The number of imidazole rings is 1. The van der Waals surface area contributed by atoms with E-state index in [1.54, 1.807) is 12.5 Å². The molecule has 0 saturated heterocycles. The van der Waals surface area contributed by atoms with E-state index in [4.69, 9.17) is 27.0 Å². The van der Waals surface area contributed by atoms with E-state index in [1.807, 2.05) is 0 Å². The van der Waals surface area contributed by atoms with Crippen molar-refractivity contribution in [1.29, 1.82) is 0 Å². The third-order valence-electron chi connectivity index (χ3n) is 3.25. The number of aromatic nitrogens is 2. The first-order chi connectivity index (χ1) is 9.95. The highest BCUT2D eigenvalue weighted by atomic mass is 35.7. The Morgan fingerprint density at radius 3 is 2.76 bits per heavy atom. The molecule has 0 radical (unpaired) electrons. The largest absolute Gasteiger partial charge is 0.486 e. The molecular weight excluding hydrogens is 335 g/mol. The van der Waals surface area contributed by atoms with Gasteiger partial charge in [-0.2, -0.15) is 0 Å². The third-order valence-corrected chi connectivity index (χ3v) is 4.89. The number of nitrogens with zero attached hydrogens (tertiary/aromatic N) is 2. The van der Waals surface area contributed by atoms with Crippen LogP contribution in [0.1, 0.15) is 24.6 Å². The minimum atomic E-state index is -3.79. The predicted octanol–water partition coefficient (Wildman–Crippen LogP) is 3.38. The van der Waals surface area contributed by atoms with Gasteiger partial charge in [0.2, 0.25) is 0 Å². The number of ether oxygens (including phenoxy) is 1. The first-order valence-corrected chi connectivity index (χ1v) is 9.01. The molecule has 2 aromatic rings. The van der Waals surface area contributed by atoms with Crippen molar-refractivity contribution in [1.82, 2.24) is 9.55 Å². The second-order valence-electron chi connectivity index (χ2n) is 4.84. The topological polar surface area (TPSA) is 61.2 Å². The van der Waals surface area contributed by atoms with Crippen LogP contribution in [-0.4, -0.2) is 18.0 Å². The van der Waals surface area contributed by atoms with E-state index in [-0.39, 0.29) is 9.92 Å². The Bertz CT molecular complexity index is 769. The smallest absolute Gasteiger partial charge is 0.261 e. The molecule has 3 rings (SSSR count). The van der Waals surface area contributed by atoms with Crippen LogP contribution in [0.15, 0.2) is 35.6 Å². The lowest BCUT2D eigenvalue weighted by Crippen LogP contribution is -2.04. The van der Waals surface area contributed by atoms with Gasteiger partial charge in [0, 0.05) is 16.7 Å². The highest BCUT2D eigenvalue weighted by molar-refractivity contribution is 8.13. The van der Waals surface area contributed by atoms with E-state index >= 15 is 0 Å². The molecular formula is C13H12Cl2N2O3S. The molecule has 0 aliphatic heterocycles. The lowest BCUT2D eigenvalue weighted by molar-refractivity contribution is 0.295. The Labute approximate surface area is 131 Å². The van der Waals surface area contributed by atoms with Crippen molar-refractivity contribution in [3.63, 3.8) is 0 Å². The minimum Gasteiger partial charge on any atom is -0.486 e. The second kappa shape index (κ2) is 5.51. The molecule has 112 valence electrons. The van der Waals surface area contributed by atoms with Crippen molar-refractivity contribution in [2.75, 3.05) is 0 Å². The van der Waals surface area contributed by atoms with Crippen LogP contribution in [0.25, 0.3) is 0 Å². The zero-order valence-corrected chi connectivity index (χ0v) is 13.2. The Morgan fingerprint density at radius 1 is 1.38 bits per heavy atom. The van der Waals surface area contributed by atoms with Crippen LogP contribution < -0.4 is 4.74 Å². The monoisotopic (exact) mass is 346 g/mol. The van der Waals surface area contributed by atoms with Gasteiger partial charge in [-0.15, -0.1) is 0 Å². The Balaban J connectivity index is 1.74. The fourth-order valence-corrected chi connectivity index (χ4v) is 3.10. The summed E-state index contributed by atoms with van der Waals surface area (Å²) in [5.41, 5.74) is 0.961. The minimum absolute atomic E-state index is 0.0514. The molecule has 1 aromatic heterocycles. The second-order valence-corrected chi connectivity index (χ2v) is 7.82. The molecule has 1 heterocycles. The van der Waals surface area contributed by atoms with E-state index in [0.29, 0.717) is 18.4 Å². The molecule has 0 bridgehead atoms. The number of benzene rings is 1. The van der Waals surface area contributed by atoms with Gasteiger partial charge in [-0.05, 0) is 31.0 Å². The molecule has 21 heavy (non-hydrogen) atoms. The van der Waals surface area contributed by atoms with Gasteiger partial charge >= 0.3 is 0 Å². The summed E-state index contributed by atoms with van der Waals surface area (Å²) in [6.45, 7) is 0.323. The van der Waals surface area contributed by atoms with Gasteiger partial charge in [-0.25, -0.2) is 13.4 Å². The third kappa shape index (κ3) is 3.33. The first-order valence-electron chi connectivity index (χ1n) is 6.33. The van der Waals surface area contributed by atoms with Gasteiger partial charge in [0.25, 0.3) is 9.05 Å². The predicted molar refractivity (Wildman–Crippen MR) is 79.3 cm³/mol. The summed E-state index contributed by atoms with van der Waals surface area (Å²) in [5, 5.41) is 0.203. The molecule has 1 aliphatic carbocycles. The molecule has 5 nitrogen and oxygen atoms in total. The van der Waals surface area contributed by atoms with Gasteiger partial charge in [-0.3, -0.25) is 0 Å². The Kier molecular flexibility index (Phi) is 3.86. The fourth-order valence-electron chi connectivity index (χ4n) is 2.03. The average Bonchev–Trinajstić information content (AvgIpc) is 3.15. The van der Waals surface area contributed by atoms with E-state index in [1.165, 1.54) is 18.2 Å². The normalized spacial score (nSPS) is 15.1. The first kappa shape index (κ1) is 14.7. The molecule has 0 unspecified atom stereocenters. The quantitative estimate of drug-likeness (QED) is 0.778. The standard InChI is InChI=1S/C13H12Cl2N2O3S/c14-12-5-11(21(15,18)19)3-4-13(12)20-7-10-6-16-8-17(10)9-1-2-9/h3-6,8-9H,1-2,7H2. The van der Waals surface area contributed by atoms with Gasteiger partial charge in [-0.1, -0.05) is 11.6 Å². The van der Waals surface area contributed by atoms with E-state index < -0.39 is 9.05 Å². The number of hydrogen-bond acceptors (Lipinski definition) is 4. The highest BCUT2D eigenvalue weighted by Crippen LogP contribution is 2.36. The molecule has 1 aliphatic rings. The van der Waals surface area contributed by atoms with Crippen molar-refractivity contribution in [2.45, 2.75) is 30.4 Å². The summed E-state index contributed by atoms with van der Waals surface area (Å²) in [4.78, 5) is 4.07. The maximum absolute atomic E-state index is 11.2. The molecule has 1 saturated carbocycles. The fraction of sp³-hybridized carbons (Fsp3) is 0.308. The van der Waals surface area contributed by atoms with E-state index in [9.17, 15) is 8.42 Å². The summed E-state index contributed by atoms with van der Waals surface area (Å²) in [7, 11) is 1.47. The van der Waals surface area contributed by atoms with E-state index in [0.717, 1.165) is 18.5 Å². The van der Waals surface area contributed by atoms with Gasteiger partial charge in [0.1, 0.15) is 12.4 Å². The van der Waals surface area contributed by atoms with Gasteiger partial charge < -0.3 is 9.30 Å².